The topological polar surface area (TPSA) is 36.4 Å². The van der Waals surface area contributed by atoms with Crippen LogP contribution >= 0.6 is 15.9 Å². The molecule has 18 heavy (non-hydrogen) atoms. The predicted molar refractivity (Wildman–Crippen MR) is 76.9 cm³/mol. The molecule has 0 bridgehead atoms. The van der Waals surface area contributed by atoms with Gasteiger partial charge in [0.15, 0.2) is 0 Å². The van der Waals surface area contributed by atoms with Crippen molar-refractivity contribution in [3.63, 3.8) is 0 Å². The highest BCUT2D eigenvalue weighted by atomic mass is 79.9. The van der Waals surface area contributed by atoms with Gasteiger partial charge in [0.1, 0.15) is 5.82 Å². The number of halogens is 1. The summed E-state index contributed by atoms with van der Waals surface area (Å²) >= 11 is 3.54. The molecule has 1 N–H and O–H groups in total. The first-order valence-corrected chi connectivity index (χ1v) is 7.01. The zero-order valence-electron chi connectivity index (χ0n) is 10.0. The number of hydrogen-bond acceptors (Lipinski definition) is 3. The van der Waals surface area contributed by atoms with Crippen LogP contribution in [0.5, 0.6) is 0 Å². The standard InChI is InChI=1S/C14H15BrN2O/c15-12-5-1-3-10-6-7-13(16-14(10)12)17-8-2-4-11(17)9-18/h1,3,5-7,11,18H,2,4,8-9H2. The Morgan fingerprint density at radius 2 is 2.22 bits per heavy atom. The maximum absolute atomic E-state index is 9.39. The van der Waals surface area contributed by atoms with Crippen molar-refractivity contribution in [2.24, 2.45) is 0 Å². The van der Waals surface area contributed by atoms with E-state index in [1.807, 2.05) is 18.2 Å². The molecule has 1 aromatic carbocycles. The lowest BCUT2D eigenvalue weighted by Gasteiger charge is -2.24. The molecule has 1 saturated heterocycles. The van der Waals surface area contributed by atoms with Gasteiger partial charge in [0.05, 0.1) is 18.2 Å². The summed E-state index contributed by atoms with van der Waals surface area (Å²) in [5, 5.41) is 10.5. The van der Waals surface area contributed by atoms with Gasteiger partial charge in [-0.15, -0.1) is 0 Å². The predicted octanol–water partition coefficient (Wildman–Crippen LogP) is 2.96. The molecule has 3 rings (SSSR count). The van der Waals surface area contributed by atoms with Crippen molar-refractivity contribution >= 4 is 32.7 Å². The smallest absolute Gasteiger partial charge is 0.129 e. The van der Waals surface area contributed by atoms with Crippen LogP contribution in [-0.4, -0.2) is 29.3 Å². The number of aliphatic hydroxyl groups excluding tert-OH is 1. The highest BCUT2D eigenvalue weighted by Crippen LogP contribution is 2.28. The fraction of sp³-hybridized carbons (Fsp3) is 0.357. The molecular formula is C14H15BrN2O. The number of nitrogens with zero attached hydrogens (tertiary/aromatic N) is 2. The lowest BCUT2D eigenvalue weighted by Crippen LogP contribution is -2.32. The van der Waals surface area contributed by atoms with Gasteiger partial charge in [0.25, 0.3) is 0 Å². The van der Waals surface area contributed by atoms with Crippen molar-refractivity contribution in [1.82, 2.24) is 4.98 Å². The number of benzene rings is 1. The van der Waals surface area contributed by atoms with Crippen LogP contribution in [0.2, 0.25) is 0 Å². The largest absolute Gasteiger partial charge is 0.394 e. The molecule has 0 radical (unpaired) electrons. The Kier molecular flexibility index (Phi) is 3.22. The number of aliphatic hydroxyl groups is 1. The fourth-order valence-corrected chi connectivity index (χ4v) is 3.06. The highest BCUT2D eigenvalue weighted by molar-refractivity contribution is 9.10. The van der Waals surface area contributed by atoms with Gasteiger partial charge in [0, 0.05) is 16.4 Å². The van der Waals surface area contributed by atoms with Crippen LogP contribution in [-0.2, 0) is 0 Å². The minimum absolute atomic E-state index is 0.204. The van der Waals surface area contributed by atoms with E-state index in [-0.39, 0.29) is 12.6 Å². The molecule has 1 atom stereocenters. The van der Waals surface area contributed by atoms with Crippen LogP contribution in [0.1, 0.15) is 12.8 Å². The lowest BCUT2D eigenvalue weighted by molar-refractivity contribution is 0.266. The van der Waals surface area contributed by atoms with Gasteiger partial charge in [-0.2, -0.15) is 0 Å². The molecule has 94 valence electrons. The second-order valence-electron chi connectivity index (χ2n) is 4.65. The quantitative estimate of drug-likeness (QED) is 0.926. The number of anilines is 1. The third kappa shape index (κ3) is 1.99. The molecule has 4 heteroatoms. The first-order valence-electron chi connectivity index (χ1n) is 6.22. The molecule has 2 heterocycles. The Morgan fingerprint density at radius 1 is 1.33 bits per heavy atom. The first kappa shape index (κ1) is 11.9. The maximum atomic E-state index is 9.39. The molecule has 1 aliphatic rings. The Morgan fingerprint density at radius 3 is 3.06 bits per heavy atom. The SMILES string of the molecule is OCC1CCCN1c1ccc2cccc(Br)c2n1. The first-order chi connectivity index (χ1) is 8.79. The van der Waals surface area contributed by atoms with Crippen LogP contribution in [0.15, 0.2) is 34.8 Å². The van der Waals surface area contributed by atoms with Crippen molar-refractivity contribution in [3.8, 4) is 0 Å². The van der Waals surface area contributed by atoms with Gasteiger partial charge in [-0.1, -0.05) is 12.1 Å². The van der Waals surface area contributed by atoms with Gasteiger partial charge in [-0.3, -0.25) is 0 Å². The number of fused-ring (bicyclic) bond motifs is 1. The van der Waals surface area contributed by atoms with Crippen molar-refractivity contribution in [2.45, 2.75) is 18.9 Å². The van der Waals surface area contributed by atoms with Gasteiger partial charge in [0.2, 0.25) is 0 Å². The summed E-state index contributed by atoms with van der Waals surface area (Å²) < 4.78 is 1.02. The van der Waals surface area contributed by atoms with E-state index in [1.54, 1.807) is 0 Å². The second-order valence-corrected chi connectivity index (χ2v) is 5.51. The average Bonchev–Trinajstić information content (AvgIpc) is 2.87. The summed E-state index contributed by atoms with van der Waals surface area (Å²) in [5.74, 6) is 0.964. The maximum Gasteiger partial charge on any atom is 0.129 e. The van der Waals surface area contributed by atoms with Crippen molar-refractivity contribution in [3.05, 3.63) is 34.8 Å². The lowest BCUT2D eigenvalue weighted by atomic mass is 10.2. The Balaban J connectivity index is 2.05. The molecule has 3 nitrogen and oxygen atoms in total. The third-order valence-electron chi connectivity index (χ3n) is 3.54. The minimum Gasteiger partial charge on any atom is -0.394 e. The van der Waals surface area contributed by atoms with Gasteiger partial charge in [-0.05, 0) is 47.0 Å². The molecule has 1 fully saturated rings. The number of aromatic nitrogens is 1. The van der Waals surface area contributed by atoms with E-state index in [0.29, 0.717) is 0 Å². The van der Waals surface area contributed by atoms with Gasteiger partial charge >= 0.3 is 0 Å². The summed E-state index contributed by atoms with van der Waals surface area (Å²) in [6.45, 7) is 1.18. The van der Waals surface area contributed by atoms with E-state index in [0.717, 1.165) is 40.6 Å². The van der Waals surface area contributed by atoms with Gasteiger partial charge < -0.3 is 10.0 Å². The number of rotatable bonds is 2. The summed E-state index contributed by atoms with van der Waals surface area (Å²) in [4.78, 5) is 6.93. The second kappa shape index (κ2) is 4.86. The normalized spacial score (nSPS) is 19.7. The van der Waals surface area contributed by atoms with E-state index in [4.69, 9.17) is 4.98 Å². The Bertz CT molecular complexity index is 573. The van der Waals surface area contributed by atoms with Crippen LogP contribution in [0, 0.1) is 0 Å². The van der Waals surface area contributed by atoms with E-state index in [1.165, 1.54) is 0 Å². The number of hydrogen-bond donors (Lipinski definition) is 1. The molecule has 0 amide bonds. The van der Waals surface area contributed by atoms with Gasteiger partial charge in [-0.25, -0.2) is 4.98 Å². The Hall–Kier alpha value is -1.13. The molecular weight excluding hydrogens is 292 g/mol. The molecule has 0 aliphatic carbocycles. The van der Waals surface area contributed by atoms with E-state index >= 15 is 0 Å². The summed E-state index contributed by atoms with van der Waals surface area (Å²) in [6.07, 6.45) is 2.17. The summed E-state index contributed by atoms with van der Waals surface area (Å²) in [7, 11) is 0. The fourth-order valence-electron chi connectivity index (χ4n) is 2.59. The van der Waals surface area contributed by atoms with Crippen molar-refractivity contribution in [1.29, 1.82) is 0 Å². The minimum atomic E-state index is 0.204. The molecule has 0 saturated carbocycles. The zero-order chi connectivity index (χ0) is 12.5. The zero-order valence-corrected chi connectivity index (χ0v) is 11.6. The highest BCUT2D eigenvalue weighted by Gasteiger charge is 2.24. The molecule has 1 aliphatic heterocycles. The monoisotopic (exact) mass is 306 g/mol. The van der Waals surface area contributed by atoms with Crippen LogP contribution < -0.4 is 4.90 Å². The molecule has 0 spiro atoms. The van der Waals surface area contributed by atoms with Crippen LogP contribution in [0.4, 0.5) is 5.82 Å². The molecule has 2 aromatic rings. The van der Waals surface area contributed by atoms with Crippen molar-refractivity contribution < 1.29 is 5.11 Å². The van der Waals surface area contributed by atoms with Crippen LogP contribution in [0.25, 0.3) is 10.9 Å². The van der Waals surface area contributed by atoms with E-state index in [2.05, 4.69) is 33.0 Å². The third-order valence-corrected chi connectivity index (χ3v) is 4.18. The average molecular weight is 307 g/mol. The van der Waals surface area contributed by atoms with E-state index < -0.39 is 0 Å². The summed E-state index contributed by atoms with van der Waals surface area (Å²) in [5.41, 5.74) is 0.985. The van der Waals surface area contributed by atoms with E-state index in [9.17, 15) is 5.11 Å². The van der Waals surface area contributed by atoms with Crippen LogP contribution in [0.3, 0.4) is 0 Å². The summed E-state index contributed by atoms with van der Waals surface area (Å²) in [6, 6.07) is 10.4. The number of para-hydroxylation sites is 1. The Labute approximate surface area is 115 Å². The molecule has 1 aromatic heterocycles. The number of pyridine rings is 1. The molecule has 1 unspecified atom stereocenters. The van der Waals surface area contributed by atoms with Crippen molar-refractivity contribution in [2.75, 3.05) is 18.1 Å².